The van der Waals surface area contributed by atoms with Crippen LogP contribution in [-0.2, 0) is 30.4 Å². The number of hydrogen-bond donors (Lipinski definition) is 2. The predicted molar refractivity (Wildman–Crippen MR) is 214 cm³/mol. The Morgan fingerprint density at radius 1 is 1.09 bits per heavy atom. The Morgan fingerprint density at radius 2 is 1.81 bits per heavy atom. The molecule has 4 amide bonds. The van der Waals surface area contributed by atoms with E-state index in [2.05, 4.69) is 17.2 Å². The highest BCUT2D eigenvalue weighted by Crippen LogP contribution is 2.48. The summed E-state index contributed by atoms with van der Waals surface area (Å²) in [5, 5.41) is 6.73. The van der Waals surface area contributed by atoms with E-state index >= 15 is 0 Å². The molecule has 6 atom stereocenters. The fourth-order valence-electron chi connectivity index (χ4n) is 8.40. The Morgan fingerprint density at radius 3 is 2.42 bits per heavy atom. The molecule has 2 heterocycles. The molecule has 4 aliphatic rings. The maximum Gasteiger partial charge on any atom is 0.260 e. The van der Waals surface area contributed by atoms with E-state index in [-0.39, 0.29) is 43.7 Å². The molecule has 1 saturated heterocycles. The third kappa shape index (κ3) is 8.57. The number of pyridine rings is 1. The molecular formula is C43H52N5O8S-. The smallest absolute Gasteiger partial charge is 0.260 e. The monoisotopic (exact) mass is 798 g/mol. The summed E-state index contributed by atoms with van der Waals surface area (Å²) < 4.78 is 37.6. The van der Waals surface area contributed by atoms with E-state index in [1.54, 1.807) is 13.2 Å². The van der Waals surface area contributed by atoms with Crippen molar-refractivity contribution in [3.63, 3.8) is 0 Å². The van der Waals surface area contributed by atoms with Crippen LogP contribution in [0.3, 0.4) is 0 Å². The first kappa shape index (κ1) is 40.4. The Hall–Kier alpha value is -4.82. The van der Waals surface area contributed by atoms with Gasteiger partial charge in [-0.15, -0.1) is 6.58 Å². The van der Waals surface area contributed by atoms with Crippen LogP contribution in [0.15, 0.2) is 67.3 Å². The van der Waals surface area contributed by atoms with E-state index in [9.17, 15) is 27.9 Å². The minimum absolute atomic E-state index is 0.0268. The summed E-state index contributed by atoms with van der Waals surface area (Å²) in [5.41, 5.74) is -0.00244. The molecule has 1 aromatic heterocycles. The second-order valence-electron chi connectivity index (χ2n) is 17.0. The average Bonchev–Trinajstić information content (AvgIpc) is 4.04. The van der Waals surface area contributed by atoms with Crippen molar-refractivity contribution in [2.75, 3.05) is 13.7 Å². The predicted octanol–water partition coefficient (Wildman–Crippen LogP) is 5.22. The second-order valence-corrected chi connectivity index (χ2v) is 17.8. The van der Waals surface area contributed by atoms with Crippen LogP contribution in [0, 0.1) is 17.3 Å². The number of nitrogens with zero attached hydrogens (tertiary/aromatic N) is 3. The molecule has 2 aromatic carbocycles. The van der Waals surface area contributed by atoms with Crippen molar-refractivity contribution in [2.45, 2.75) is 108 Å². The number of nitrogens with one attached hydrogen (secondary N) is 2. The molecule has 13 nitrogen and oxygen atoms in total. The zero-order valence-corrected chi connectivity index (χ0v) is 33.8. The molecule has 0 spiro atoms. The molecule has 3 aromatic rings. The van der Waals surface area contributed by atoms with Crippen LogP contribution in [0.5, 0.6) is 11.5 Å². The van der Waals surface area contributed by atoms with E-state index in [0.717, 1.165) is 35.6 Å². The van der Waals surface area contributed by atoms with E-state index < -0.39 is 64.1 Å². The number of hydrogen-bond acceptors (Lipinski definition) is 9. The van der Waals surface area contributed by atoms with Crippen LogP contribution in [0.4, 0.5) is 0 Å². The zero-order valence-electron chi connectivity index (χ0n) is 33.0. The van der Waals surface area contributed by atoms with Gasteiger partial charge in [-0.25, -0.2) is 4.98 Å². The van der Waals surface area contributed by atoms with E-state index in [1.807, 2.05) is 75.4 Å². The Labute approximate surface area is 336 Å². The fourth-order valence-corrected chi connectivity index (χ4v) is 9.15. The lowest BCUT2D eigenvalue weighted by atomic mass is 9.77. The van der Waals surface area contributed by atoms with Gasteiger partial charge in [-0.05, 0) is 49.7 Å². The molecule has 304 valence electrons. The summed E-state index contributed by atoms with van der Waals surface area (Å²) in [5.74, 6) is -2.04. The minimum atomic E-state index is -2.83. The number of benzene rings is 2. The van der Waals surface area contributed by atoms with Crippen LogP contribution in [0.2, 0.25) is 0 Å². The van der Waals surface area contributed by atoms with E-state index in [4.69, 9.17) is 14.5 Å². The molecule has 14 heteroatoms. The number of methoxy groups -OCH3 is 1. The quantitative estimate of drug-likeness (QED) is 0.164. The van der Waals surface area contributed by atoms with E-state index in [0.29, 0.717) is 40.9 Å². The van der Waals surface area contributed by atoms with Crippen molar-refractivity contribution >= 4 is 45.8 Å². The molecule has 3 saturated carbocycles. The van der Waals surface area contributed by atoms with Gasteiger partial charge in [-0.1, -0.05) is 70.0 Å². The summed E-state index contributed by atoms with van der Waals surface area (Å²) in [6.07, 6.45) is 6.08. The number of likely N-dealkylation sites (tertiary alicyclic amines) is 1. The molecular weight excluding hydrogens is 747 g/mol. The topological polar surface area (TPSA) is 170 Å². The third-order valence-electron chi connectivity index (χ3n) is 11.9. The Kier molecular flexibility index (Phi) is 11.5. The zero-order chi connectivity index (χ0) is 40.6. The Balaban J connectivity index is 1.21. The number of rotatable bonds is 14. The lowest BCUT2D eigenvalue weighted by molar-refractivity contribution is -0.147. The van der Waals surface area contributed by atoms with Gasteiger partial charge in [0, 0.05) is 53.9 Å². The number of fused-ring (bicyclic) bond motifs is 1. The van der Waals surface area contributed by atoms with Crippen molar-refractivity contribution in [2.24, 2.45) is 17.3 Å². The van der Waals surface area contributed by atoms with Crippen LogP contribution in [-0.4, -0.2) is 90.0 Å². The number of aromatic nitrogens is 1. The molecule has 1 aliphatic heterocycles. The summed E-state index contributed by atoms with van der Waals surface area (Å²) in [7, 11) is 1.58. The number of ether oxygens (including phenoxy) is 2. The van der Waals surface area contributed by atoms with Gasteiger partial charge in [0.2, 0.25) is 17.7 Å². The SMILES string of the molecule is C=C[C@@H]1C[C@]1(NC(=O)[C@@H]1C[C@@H](Oc2cc(-c3ccccc3)nc3cc(OC)ccc23)CN1C(=O)[C@@H](CC(=O)NC1CCCC1)C(C)(C)C)C(=O)N(C1CC1)S(=O)[O-]. The third-order valence-corrected chi connectivity index (χ3v) is 12.7. The highest BCUT2D eigenvalue weighted by molar-refractivity contribution is 7.77. The normalized spacial score (nSPS) is 24.4. The van der Waals surface area contributed by atoms with E-state index in [1.165, 1.54) is 4.90 Å². The largest absolute Gasteiger partial charge is 0.755 e. The Bertz CT molecular complexity index is 2060. The van der Waals surface area contributed by atoms with Crippen molar-refractivity contribution < 1.29 is 37.4 Å². The first-order chi connectivity index (χ1) is 27.2. The van der Waals surface area contributed by atoms with Crippen molar-refractivity contribution in [3.8, 4) is 22.8 Å². The number of amides is 4. The molecule has 7 rings (SSSR count). The lowest BCUT2D eigenvalue weighted by Gasteiger charge is -2.35. The van der Waals surface area contributed by atoms with Crippen molar-refractivity contribution in [1.82, 2.24) is 24.8 Å². The second kappa shape index (κ2) is 16.2. The van der Waals surface area contributed by atoms with Gasteiger partial charge in [0.05, 0.1) is 42.0 Å². The highest BCUT2D eigenvalue weighted by Gasteiger charge is 2.63. The molecule has 0 bridgehead atoms. The number of carbonyl (C=O) groups excluding carboxylic acids is 4. The van der Waals surface area contributed by atoms with Gasteiger partial charge < -0.3 is 29.6 Å². The molecule has 57 heavy (non-hydrogen) atoms. The van der Waals surface area contributed by atoms with Gasteiger partial charge in [-0.2, -0.15) is 0 Å². The minimum Gasteiger partial charge on any atom is -0.755 e. The molecule has 2 N–H and O–H groups in total. The fraction of sp³-hybridized carbons (Fsp3) is 0.512. The van der Waals surface area contributed by atoms with Gasteiger partial charge in [0.25, 0.3) is 5.91 Å². The number of carbonyl (C=O) groups is 4. The maximum absolute atomic E-state index is 14.8. The maximum atomic E-state index is 14.8. The van der Waals surface area contributed by atoms with Gasteiger partial charge in [0.15, 0.2) is 0 Å². The summed E-state index contributed by atoms with van der Waals surface area (Å²) in [4.78, 5) is 63.2. The van der Waals surface area contributed by atoms with Crippen LogP contribution in [0.25, 0.3) is 22.2 Å². The molecule has 3 aliphatic carbocycles. The van der Waals surface area contributed by atoms with Gasteiger partial charge in [0.1, 0.15) is 29.2 Å². The average molecular weight is 799 g/mol. The first-order valence-electron chi connectivity index (χ1n) is 19.9. The van der Waals surface area contributed by atoms with Crippen molar-refractivity contribution in [3.05, 3.63) is 67.3 Å². The highest BCUT2D eigenvalue weighted by atomic mass is 32.2. The van der Waals surface area contributed by atoms with Gasteiger partial charge in [-0.3, -0.25) is 27.7 Å². The van der Waals surface area contributed by atoms with Crippen LogP contribution < -0.4 is 20.1 Å². The van der Waals surface area contributed by atoms with Gasteiger partial charge >= 0.3 is 0 Å². The summed E-state index contributed by atoms with van der Waals surface area (Å²) in [6.45, 7) is 9.58. The van der Waals surface area contributed by atoms with Crippen molar-refractivity contribution in [1.29, 1.82) is 0 Å². The summed E-state index contributed by atoms with van der Waals surface area (Å²) >= 11 is -2.83. The molecule has 4 fully saturated rings. The molecule has 0 radical (unpaired) electrons. The first-order valence-corrected chi connectivity index (χ1v) is 20.9. The van der Waals surface area contributed by atoms with Crippen LogP contribution in [0.1, 0.15) is 78.6 Å². The van der Waals surface area contributed by atoms with Crippen LogP contribution >= 0.6 is 0 Å². The standard InChI is InChI=1S/C43H53N5O8S/c1-6-27-24-43(27,41(52)48(57(53)54)29-16-17-29)46-39(50)36-21-31(25-47(36)40(51)33(42(2,3)4)22-38(49)44-28-14-10-11-15-28)56-37-23-34(26-12-8-7-9-13-26)45-35-20-30(55-5)18-19-32(35)37/h6-9,12-13,18-20,23,27-29,31,33,36H,1,10-11,14-17,21-22,24-25H2,2-5H3,(H,44,49)(H,46,50)(H,53,54)/p-1/t27-,31-,33-,36+,43-/m1/s1. The lowest BCUT2D eigenvalue weighted by Crippen LogP contribution is -2.57. The molecule has 1 unspecified atom stereocenters. The summed E-state index contributed by atoms with van der Waals surface area (Å²) in [6, 6.07) is 15.5.